The van der Waals surface area contributed by atoms with E-state index in [1.807, 2.05) is 0 Å². The molecule has 0 aliphatic carbocycles. The molecule has 27 heavy (non-hydrogen) atoms. The van der Waals surface area contributed by atoms with Crippen LogP contribution in [0.2, 0.25) is 5.02 Å². The van der Waals surface area contributed by atoms with Gasteiger partial charge in [-0.15, -0.1) is 0 Å². The lowest BCUT2D eigenvalue weighted by molar-refractivity contribution is -0.119. The average molecular weight is 416 g/mol. The molecule has 0 aromatic heterocycles. The number of halogens is 1. The van der Waals surface area contributed by atoms with Crippen LogP contribution in [0.3, 0.4) is 0 Å². The molecule has 10 heteroatoms. The van der Waals surface area contributed by atoms with Crippen molar-refractivity contribution in [2.45, 2.75) is 6.92 Å². The summed E-state index contributed by atoms with van der Waals surface area (Å²) in [5.41, 5.74) is 0.388. The number of morpholine rings is 1. The fourth-order valence-electron chi connectivity index (χ4n) is 3.15. The third-order valence-corrected chi connectivity index (χ3v) is 6.79. The van der Waals surface area contributed by atoms with Crippen molar-refractivity contribution in [1.29, 1.82) is 0 Å². The first-order valence-corrected chi connectivity index (χ1v) is 10.7. The van der Waals surface area contributed by atoms with Crippen LogP contribution in [0.5, 0.6) is 0 Å². The minimum absolute atomic E-state index is 0.0962. The quantitative estimate of drug-likeness (QED) is 0.761. The third kappa shape index (κ3) is 4.43. The van der Waals surface area contributed by atoms with Crippen LogP contribution in [-0.4, -0.2) is 70.3 Å². The third-order valence-electron chi connectivity index (χ3n) is 4.61. The lowest BCUT2D eigenvalue weighted by Crippen LogP contribution is -2.41. The van der Waals surface area contributed by atoms with Crippen LogP contribution < -0.4 is 9.62 Å². The van der Waals surface area contributed by atoms with Gasteiger partial charge in [-0.25, -0.2) is 12.7 Å². The van der Waals surface area contributed by atoms with Crippen LogP contribution >= 0.6 is 11.6 Å². The van der Waals surface area contributed by atoms with Gasteiger partial charge in [0.2, 0.25) is 15.9 Å². The van der Waals surface area contributed by atoms with Gasteiger partial charge in [0.05, 0.1) is 41.2 Å². The number of ether oxygens (including phenoxy) is 1. The Kier molecular flexibility index (Phi) is 6.05. The summed E-state index contributed by atoms with van der Waals surface area (Å²) in [6.07, 6.45) is 0. The zero-order valence-electron chi connectivity index (χ0n) is 15.0. The van der Waals surface area contributed by atoms with Gasteiger partial charge in [-0.2, -0.15) is 0 Å². The van der Waals surface area contributed by atoms with E-state index in [0.717, 1.165) is 17.4 Å². The van der Waals surface area contributed by atoms with E-state index in [4.69, 9.17) is 16.3 Å². The molecule has 3 rings (SSSR count). The second-order valence-corrected chi connectivity index (χ2v) is 8.93. The first kappa shape index (κ1) is 20.1. The first-order chi connectivity index (χ1) is 12.8. The van der Waals surface area contributed by atoms with Crippen LogP contribution in [0.15, 0.2) is 18.2 Å². The zero-order chi connectivity index (χ0) is 19.6. The Morgan fingerprint density at radius 1 is 1.33 bits per heavy atom. The van der Waals surface area contributed by atoms with E-state index in [9.17, 15) is 18.0 Å². The van der Waals surface area contributed by atoms with Crippen molar-refractivity contribution in [3.05, 3.63) is 28.8 Å². The number of hydrogen-bond acceptors (Lipinski definition) is 6. The molecule has 0 radical (unpaired) electrons. The van der Waals surface area contributed by atoms with Crippen LogP contribution in [0.1, 0.15) is 17.3 Å². The smallest absolute Gasteiger partial charge is 0.252 e. The molecular weight excluding hydrogens is 394 g/mol. The summed E-state index contributed by atoms with van der Waals surface area (Å²) in [6.45, 7) is 5.80. The summed E-state index contributed by atoms with van der Waals surface area (Å²) in [7, 11) is -3.71. The summed E-state index contributed by atoms with van der Waals surface area (Å²) in [5, 5.41) is 2.90. The second kappa shape index (κ2) is 8.14. The molecule has 1 aromatic carbocycles. The lowest BCUT2D eigenvalue weighted by Gasteiger charge is -2.26. The van der Waals surface area contributed by atoms with Crippen molar-refractivity contribution in [2.75, 3.05) is 49.5 Å². The minimum Gasteiger partial charge on any atom is -0.379 e. The number of rotatable bonds is 5. The molecule has 1 N–H and O–H groups in total. The van der Waals surface area contributed by atoms with Crippen molar-refractivity contribution in [3.8, 4) is 0 Å². The molecule has 2 amide bonds. The first-order valence-electron chi connectivity index (χ1n) is 8.74. The maximum absolute atomic E-state index is 12.3. The zero-order valence-corrected chi connectivity index (χ0v) is 16.6. The Balaban J connectivity index is 1.65. The molecule has 0 saturated carbocycles. The number of anilines is 1. The van der Waals surface area contributed by atoms with Gasteiger partial charge in [0.25, 0.3) is 5.91 Å². The number of carbonyl (C=O) groups is 2. The fourth-order valence-corrected chi connectivity index (χ4v) is 5.22. The predicted molar refractivity (Wildman–Crippen MR) is 101 cm³/mol. The predicted octanol–water partition coefficient (Wildman–Crippen LogP) is 0.715. The van der Waals surface area contributed by atoms with Gasteiger partial charge in [-0.1, -0.05) is 18.5 Å². The highest BCUT2D eigenvalue weighted by molar-refractivity contribution is 7.94. The van der Waals surface area contributed by atoms with Crippen molar-refractivity contribution in [1.82, 2.24) is 10.2 Å². The minimum atomic E-state index is -3.71. The van der Waals surface area contributed by atoms with E-state index in [1.54, 1.807) is 6.92 Å². The number of carbonyl (C=O) groups excluding carboxylic acids is 2. The topological polar surface area (TPSA) is 96.0 Å². The molecule has 1 atom stereocenters. The standard InChI is InChI=1S/C17H22ClN3O5S/c1-12-11-27(24,25)21(17(12)23)13-2-3-14(15(18)10-13)16(22)19-4-5-20-6-8-26-9-7-20/h2-3,10,12H,4-9,11H2,1H3,(H,19,22). The van der Waals surface area contributed by atoms with E-state index < -0.39 is 21.8 Å². The van der Waals surface area contributed by atoms with E-state index in [1.165, 1.54) is 18.2 Å². The molecular formula is C17H22ClN3O5S. The number of amides is 2. The van der Waals surface area contributed by atoms with Gasteiger partial charge in [-0.3, -0.25) is 14.5 Å². The fraction of sp³-hybridized carbons (Fsp3) is 0.529. The van der Waals surface area contributed by atoms with E-state index in [0.29, 0.717) is 26.3 Å². The van der Waals surface area contributed by atoms with Crippen molar-refractivity contribution in [3.63, 3.8) is 0 Å². The molecule has 2 fully saturated rings. The number of nitrogens with zero attached hydrogens (tertiary/aromatic N) is 2. The van der Waals surface area contributed by atoms with Crippen molar-refractivity contribution < 1.29 is 22.7 Å². The Morgan fingerprint density at radius 3 is 2.63 bits per heavy atom. The Labute approximate surface area is 163 Å². The molecule has 2 aliphatic heterocycles. The number of hydrogen-bond donors (Lipinski definition) is 1. The SMILES string of the molecule is CC1CS(=O)(=O)N(c2ccc(C(=O)NCCN3CCOCC3)c(Cl)c2)C1=O. The van der Waals surface area contributed by atoms with Gasteiger partial charge in [0, 0.05) is 26.2 Å². The molecule has 2 aliphatic rings. The van der Waals surface area contributed by atoms with Crippen LogP contribution in [0.25, 0.3) is 0 Å². The molecule has 148 valence electrons. The lowest BCUT2D eigenvalue weighted by atomic mass is 10.1. The second-order valence-electron chi connectivity index (χ2n) is 6.66. The number of sulfonamides is 1. The summed E-state index contributed by atoms with van der Waals surface area (Å²) in [6, 6.07) is 4.20. The Hall–Kier alpha value is -1.68. The highest BCUT2D eigenvalue weighted by Crippen LogP contribution is 2.31. The van der Waals surface area contributed by atoms with E-state index in [2.05, 4.69) is 10.2 Å². The Morgan fingerprint density at radius 2 is 2.04 bits per heavy atom. The molecule has 0 bridgehead atoms. The summed E-state index contributed by atoms with van der Waals surface area (Å²) in [4.78, 5) is 26.7. The summed E-state index contributed by atoms with van der Waals surface area (Å²) in [5.74, 6) is -1.66. The molecule has 2 heterocycles. The van der Waals surface area contributed by atoms with Crippen molar-refractivity contribution in [2.24, 2.45) is 5.92 Å². The largest absolute Gasteiger partial charge is 0.379 e. The van der Waals surface area contributed by atoms with Gasteiger partial charge >= 0.3 is 0 Å². The molecule has 1 unspecified atom stereocenters. The highest BCUT2D eigenvalue weighted by Gasteiger charge is 2.42. The van der Waals surface area contributed by atoms with Crippen LogP contribution in [0, 0.1) is 5.92 Å². The van der Waals surface area contributed by atoms with Gasteiger partial charge in [0.15, 0.2) is 0 Å². The number of nitrogens with one attached hydrogen (secondary N) is 1. The normalized spacial score (nSPS) is 22.8. The van der Waals surface area contributed by atoms with Gasteiger partial charge in [0.1, 0.15) is 0 Å². The van der Waals surface area contributed by atoms with E-state index >= 15 is 0 Å². The highest BCUT2D eigenvalue weighted by atomic mass is 35.5. The van der Waals surface area contributed by atoms with E-state index in [-0.39, 0.29) is 27.9 Å². The summed E-state index contributed by atoms with van der Waals surface area (Å²) < 4.78 is 30.4. The van der Waals surface area contributed by atoms with Gasteiger partial charge < -0.3 is 10.1 Å². The van der Waals surface area contributed by atoms with Crippen molar-refractivity contribution >= 4 is 39.1 Å². The Bertz CT molecular complexity index is 839. The monoisotopic (exact) mass is 415 g/mol. The maximum atomic E-state index is 12.3. The van der Waals surface area contributed by atoms with Crippen LogP contribution in [0.4, 0.5) is 5.69 Å². The molecule has 8 nitrogen and oxygen atoms in total. The summed E-state index contributed by atoms with van der Waals surface area (Å²) >= 11 is 6.19. The van der Waals surface area contributed by atoms with Gasteiger partial charge in [-0.05, 0) is 18.2 Å². The maximum Gasteiger partial charge on any atom is 0.252 e. The average Bonchev–Trinajstić information content (AvgIpc) is 2.82. The molecule has 2 saturated heterocycles. The molecule has 1 aromatic rings. The van der Waals surface area contributed by atoms with Crippen LogP contribution in [-0.2, 0) is 19.6 Å². The number of benzene rings is 1. The molecule has 0 spiro atoms.